The second-order valence-electron chi connectivity index (χ2n) is 3.57. The van der Waals surface area contributed by atoms with Crippen LogP contribution in [-0.2, 0) is 0 Å². The second-order valence-corrected chi connectivity index (χ2v) is 3.98. The number of anilines is 1. The fraction of sp³-hybridized carbons (Fsp3) is 0.0769. The molecule has 0 radical (unpaired) electrons. The molecule has 2 N–H and O–H groups in total. The Bertz CT molecular complexity index is 511. The van der Waals surface area contributed by atoms with Gasteiger partial charge in [-0.3, -0.25) is 0 Å². The zero-order valence-electron chi connectivity index (χ0n) is 8.91. The van der Waals surface area contributed by atoms with Crippen LogP contribution >= 0.6 is 11.6 Å². The topological polar surface area (TPSA) is 35.2 Å². The van der Waals surface area contributed by atoms with Gasteiger partial charge < -0.3 is 10.5 Å². The van der Waals surface area contributed by atoms with Crippen LogP contribution in [0.2, 0.25) is 5.02 Å². The molecule has 0 amide bonds. The molecule has 2 rings (SSSR count). The van der Waals surface area contributed by atoms with Crippen LogP contribution in [0.25, 0.3) is 0 Å². The summed E-state index contributed by atoms with van der Waals surface area (Å²) in [7, 11) is 0. The first-order valence-electron chi connectivity index (χ1n) is 4.95. The van der Waals surface area contributed by atoms with E-state index in [1.165, 1.54) is 0 Å². The quantitative estimate of drug-likeness (QED) is 0.795. The highest BCUT2D eigenvalue weighted by atomic mass is 35.5. The van der Waals surface area contributed by atoms with Gasteiger partial charge in [0.1, 0.15) is 11.5 Å². The second kappa shape index (κ2) is 4.45. The Hall–Kier alpha value is -1.67. The highest BCUT2D eigenvalue weighted by Gasteiger charge is 2.05. The summed E-state index contributed by atoms with van der Waals surface area (Å²) < 4.78 is 5.66. The maximum absolute atomic E-state index is 6.03. The van der Waals surface area contributed by atoms with E-state index in [-0.39, 0.29) is 0 Å². The van der Waals surface area contributed by atoms with Crippen LogP contribution < -0.4 is 10.5 Å². The molecule has 2 aromatic carbocycles. The fourth-order valence-electron chi connectivity index (χ4n) is 1.38. The molecule has 0 aliphatic rings. The number of hydrogen-bond acceptors (Lipinski definition) is 2. The predicted molar refractivity (Wildman–Crippen MR) is 67.1 cm³/mol. The lowest BCUT2D eigenvalue weighted by molar-refractivity contribution is 0.485. The van der Waals surface area contributed by atoms with E-state index >= 15 is 0 Å². The number of hydrogen-bond donors (Lipinski definition) is 1. The van der Waals surface area contributed by atoms with E-state index in [0.717, 1.165) is 5.56 Å². The van der Waals surface area contributed by atoms with Crippen molar-refractivity contribution in [1.29, 1.82) is 0 Å². The van der Waals surface area contributed by atoms with Crippen LogP contribution in [0.3, 0.4) is 0 Å². The van der Waals surface area contributed by atoms with Crippen LogP contribution in [0.5, 0.6) is 11.5 Å². The largest absolute Gasteiger partial charge is 0.454 e. The van der Waals surface area contributed by atoms with Crippen molar-refractivity contribution in [2.24, 2.45) is 0 Å². The molecule has 0 aromatic heterocycles. The number of aryl methyl sites for hydroxylation is 1. The zero-order chi connectivity index (χ0) is 11.5. The van der Waals surface area contributed by atoms with E-state index < -0.39 is 0 Å². The summed E-state index contributed by atoms with van der Waals surface area (Å²) in [6.07, 6.45) is 0. The van der Waals surface area contributed by atoms with Crippen molar-refractivity contribution in [3.05, 3.63) is 53.1 Å². The van der Waals surface area contributed by atoms with E-state index in [1.54, 1.807) is 6.07 Å². The molecule has 3 heteroatoms. The Morgan fingerprint density at radius 3 is 2.56 bits per heavy atom. The standard InChI is InChI=1S/C13H12ClNO/c1-9-6-7-10(14)13(8-9)16-12-5-3-2-4-11(12)15/h2-8H,15H2,1H3. The average Bonchev–Trinajstić information content (AvgIpc) is 2.27. The molecule has 2 nitrogen and oxygen atoms in total. The van der Waals surface area contributed by atoms with Gasteiger partial charge in [0.05, 0.1) is 10.7 Å². The third-order valence-electron chi connectivity index (χ3n) is 2.23. The molecule has 0 bridgehead atoms. The molecule has 0 saturated heterocycles. The number of para-hydroxylation sites is 2. The van der Waals surface area contributed by atoms with E-state index in [0.29, 0.717) is 22.2 Å². The molecule has 0 heterocycles. The molecule has 2 aromatic rings. The van der Waals surface area contributed by atoms with Crippen molar-refractivity contribution < 1.29 is 4.74 Å². The maximum atomic E-state index is 6.03. The summed E-state index contributed by atoms with van der Waals surface area (Å²) in [6, 6.07) is 13.0. The molecule has 82 valence electrons. The number of nitrogen functional groups attached to an aromatic ring is 1. The fourth-order valence-corrected chi connectivity index (χ4v) is 1.54. The first kappa shape index (κ1) is 10.8. The first-order chi connectivity index (χ1) is 7.66. The van der Waals surface area contributed by atoms with Crippen molar-refractivity contribution >= 4 is 17.3 Å². The lowest BCUT2D eigenvalue weighted by Crippen LogP contribution is -1.92. The van der Waals surface area contributed by atoms with Gasteiger partial charge in [0.25, 0.3) is 0 Å². The van der Waals surface area contributed by atoms with E-state index in [2.05, 4.69) is 0 Å². The molecule has 0 aliphatic heterocycles. The third kappa shape index (κ3) is 2.28. The van der Waals surface area contributed by atoms with Gasteiger partial charge in [0.15, 0.2) is 0 Å². The van der Waals surface area contributed by atoms with Crippen LogP contribution in [0.4, 0.5) is 5.69 Å². The summed E-state index contributed by atoms with van der Waals surface area (Å²) in [5, 5.41) is 0.578. The minimum atomic E-state index is 0.578. The Morgan fingerprint density at radius 2 is 1.81 bits per heavy atom. The van der Waals surface area contributed by atoms with Crippen LogP contribution in [0, 0.1) is 6.92 Å². The normalized spacial score (nSPS) is 10.1. The van der Waals surface area contributed by atoms with Crippen molar-refractivity contribution in [2.45, 2.75) is 6.92 Å². The highest BCUT2D eigenvalue weighted by Crippen LogP contribution is 2.32. The summed E-state index contributed by atoms with van der Waals surface area (Å²) in [5.74, 6) is 1.24. The number of ether oxygens (including phenoxy) is 1. The van der Waals surface area contributed by atoms with Gasteiger partial charge in [-0.25, -0.2) is 0 Å². The van der Waals surface area contributed by atoms with Crippen molar-refractivity contribution in [2.75, 3.05) is 5.73 Å². The Labute approximate surface area is 99.6 Å². The van der Waals surface area contributed by atoms with Crippen molar-refractivity contribution in [3.8, 4) is 11.5 Å². The summed E-state index contributed by atoms with van der Waals surface area (Å²) in [5.41, 5.74) is 7.48. The van der Waals surface area contributed by atoms with Gasteiger partial charge in [-0.15, -0.1) is 0 Å². The van der Waals surface area contributed by atoms with Crippen LogP contribution in [0.15, 0.2) is 42.5 Å². The lowest BCUT2D eigenvalue weighted by atomic mass is 10.2. The Morgan fingerprint density at radius 1 is 1.06 bits per heavy atom. The molecule has 0 aliphatic carbocycles. The lowest BCUT2D eigenvalue weighted by Gasteiger charge is -2.10. The summed E-state index contributed by atoms with van der Waals surface area (Å²) in [4.78, 5) is 0. The van der Waals surface area contributed by atoms with Gasteiger partial charge in [-0.05, 0) is 36.8 Å². The van der Waals surface area contributed by atoms with E-state index in [9.17, 15) is 0 Å². The molecule has 0 spiro atoms. The third-order valence-corrected chi connectivity index (χ3v) is 2.54. The first-order valence-corrected chi connectivity index (χ1v) is 5.33. The van der Waals surface area contributed by atoms with Crippen molar-refractivity contribution in [1.82, 2.24) is 0 Å². The van der Waals surface area contributed by atoms with E-state index in [4.69, 9.17) is 22.1 Å². The van der Waals surface area contributed by atoms with Gasteiger partial charge in [0.2, 0.25) is 0 Å². The molecule has 0 fully saturated rings. The number of benzene rings is 2. The maximum Gasteiger partial charge on any atom is 0.150 e. The average molecular weight is 234 g/mol. The smallest absolute Gasteiger partial charge is 0.150 e. The number of nitrogens with two attached hydrogens (primary N) is 1. The minimum Gasteiger partial charge on any atom is -0.454 e. The predicted octanol–water partition coefficient (Wildman–Crippen LogP) is 4.02. The highest BCUT2D eigenvalue weighted by molar-refractivity contribution is 6.32. The Balaban J connectivity index is 2.34. The molecule has 16 heavy (non-hydrogen) atoms. The van der Waals surface area contributed by atoms with Gasteiger partial charge in [-0.1, -0.05) is 29.8 Å². The van der Waals surface area contributed by atoms with Crippen molar-refractivity contribution in [3.63, 3.8) is 0 Å². The minimum absolute atomic E-state index is 0.578. The van der Waals surface area contributed by atoms with Crippen LogP contribution in [0.1, 0.15) is 5.56 Å². The zero-order valence-corrected chi connectivity index (χ0v) is 9.66. The van der Waals surface area contributed by atoms with Crippen LogP contribution in [-0.4, -0.2) is 0 Å². The van der Waals surface area contributed by atoms with Gasteiger partial charge in [-0.2, -0.15) is 0 Å². The molecular formula is C13H12ClNO. The molecule has 0 saturated carbocycles. The summed E-state index contributed by atoms with van der Waals surface area (Å²) >= 11 is 6.03. The molecule has 0 unspecified atom stereocenters. The Kier molecular flexibility index (Phi) is 3.02. The summed E-state index contributed by atoms with van der Waals surface area (Å²) in [6.45, 7) is 1.98. The molecular weight excluding hydrogens is 222 g/mol. The monoisotopic (exact) mass is 233 g/mol. The van der Waals surface area contributed by atoms with Gasteiger partial charge in [0, 0.05) is 0 Å². The SMILES string of the molecule is Cc1ccc(Cl)c(Oc2ccccc2N)c1. The van der Waals surface area contributed by atoms with Gasteiger partial charge >= 0.3 is 0 Å². The molecule has 0 atom stereocenters. The number of rotatable bonds is 2. The van der Waals surface area contributed by atoms with E-state index in [1.807, 2.05) is 43.3 Å². The number of halogens is 1.